The van der Waals surface area contributed by atoms with Crippen molar-refractivity contribution in [1.82, 2.24) is 4.98 Å². The molecular weight excluding hydrogens is 268 g/mol. The highest BCUT2D eigenvalue weighted by Crippen LogP contribution is 2.33. The molecule has 2 rings (SSSR count). The molecular formula is C12H15BrN2O. The largest absolute Gasteiger partial charge is 0.439 e. The van der Waals surface area contributed by atoms with Gasteiger partial charge in [-0.15, -0.1) is 0 Å². The van der Waals surface area contributed by atoms with Crippen molar-refractivity contribution in [2.45, 2.75) is 32.7 Å². The van der Waals surface area contributed by atoms with Gasteiger partial charge in [-0.05, 0) is 17.5 Å². The third-order valence-electron chi connectivity index (χ3n) is 2.48. The van der Waals surface area contributed by atoms with Crippen LogP contribution >= 0.6 is 15.9 Å². The van der Waals surface area contributed by atoms with E-state index in [9.17, 15) is 0 Å². The lowest BCUT2D eigenvalue weighted by Crippen LogP contribution is -2.11. The number of rotatable bonds is 1. The highest BCUT2D eigenvalue weighted by Gasteiger charge is 2.21. The second kappa shape index (κ2) is 3.86. The molecule has 0 fully saturated rings. The maximum Gasteiger partial charge on any atom is 0.209 e. The summed E-state index contributed by atoms with van der Waals surface area (Å²) in [4.78, 5) is 4.34. The molecule has 4 heteroatoms. The summed E-state index contributed by atoms with van der Waals surface area (Å²) in [5.41, 5.74) is 8.41. The summed E-state index contributed by atoms with van der Waals surface area (Å²) in [7, 11) is 0. The lowest BCUT2D eigenvalue weighted by Gasteiger charge is -2.19. The van der Waals surface area contributed by atoms with Crippen LogP contribution in [-0.4, -0.2) is 4.98 Å². The molecule has 2 N–H and O–H groups in total. The number of fused-ring (bicyclic) bond motifs is 1. The van der Waals surface area contributed by atoms with Crippen molar-refractivity contribution < 1.29 is 4.42 Å². The molecule has 1 aromatic heterocycles. The summed E-state index contributed by atoms with van der Waals surface area (Å²) in [6, 6.07) is 4.03. The standard InChI is InChI=1S/C12H15BrN2O/c1-12(2,3)8-4-7(13)5-9-11(8)16-10(6-14)15-9/h4-5H,6,14H2,1-3H3. The van der Waals surface area contributed by atoms with E-state index < -0.39 is 0 Å². The molecule has 0 unspecified atom stereocenters. The molecule has 0 amide bonds. The number of hydrogen-bond donors (Lipinski definition) is 1. The van der Waals surface area contributed by atoms with Crippen molar-refractivity contribution >= 4 is 27.0 Å². The Kier molecular flexibility index (Phi) is 2.80. The Hall–Kier alpha value is -0.870. The van der Waals surface area contributed by atoms with Gasteiger partial charge in [0.1, 0.15) is 5.52 Å². The van der Waals surface area contributed by atoms with Crippen LogP contribution < -0.4 is 5.73 Å². The summed E-state index contributed by atoms with van der Waals surface area (Å²) >= 11 is 3.49. The van der Waals surface area contributed by atoms with Gasteiger partial charge in [0.25, 0.3) is 0 Å². The Morgan fingerprint density at radius 1 is 1.38 bits per heavy atom. The van der Waals surface area contributed by atoms with Gasteiger partial charge in [0.15, 0.2) is 5.58 Å². The lowest BCUT2D eigenvalue weighted by atomic mass is 9.86. The fraction of sp³-hybridized carbons (Fsp3) is 0.417. The van der Waals surface area contributed by atoms with Crippen molar-refractivity contribution in [2.24, 2.45) is 5.73 Å². The third-order valence-corrected chi connectivity index (χ3v) is 2.94. The van der Waals surface area contributed by atoms with Crippen LogP contribution in [0.5, 0.6) is 0 Å². The quantitative estimate of drug-likeness (QED) is 0.873. The summed E-state index contributed by atoms with van der Waals surface area (Å²) in [5, 5.41) is 0. The van der Waals surface area contributed by atoms with E-state index in [1.54, 1.807) is 0 Å². The molecule has 0 aliphatic rings. The average Bonchev–Trinajstić information content (AvgIpc) is 2.57. The van der Waals surface area contributed by atoms with E-state index in [0.29, 0.717) is 12.4 Å². The molecule has 0 bridgehead atoms. The molecule has 2 aromatic rings. The summed E-state index contributed by atoms with van der Waals surface area (Å²) in [5.74, 6) is 0.582. The predicted molar refractivity (Wildman–Crippen MR) is 68.3 cm³/mol. The van der Waals surface area contributed by atoms with Gasteiger partial charge >= 0.3 is 0 Å². The molecule has 86 valence electrons. The summed E-state index contributed by atoms with van der Waals surface area (Å²) < 4.78 is 6.69. The Labute approximate surface area is 103 Å². The number of aromatic nitrogens is 1. The van der Waals surface area contributed by atoms with Gasteiger partial charge in [-0.1, -0.05) is 36.7 Å². The highest BCUT2D eigenvalue weighted by atomic mass is 79.9. The highest BCUT2D eigenvalue weighted by molar-refractivity contribution is 9.10. The van der Waals surface area contributed by atoms with Crippen molar-refractivity contribution in [3.63, 3.8) is 0 Å². The van der Waals surface area contributed by atoms with Crippen molar-refractivity contribution in [3.8, 4) is 0 Å². The van der Waals surface area contributed by atoms with Crippen LogP contribution in [0.4, 0.5) is 0 Å². The number of nitrogens with zero attached hydrogens (tertiary/aromatic N) is 1. The van der Waals surface area contributed by atoms with Gasteiger partial charge in [-0.25, -0.2) is 4.98 Å². The number of oxazole rings is 1. The molecule has 0 saturated heterocycles. The zero-order valence-corrected chi connectivity index (χ0v) is 11.3. The van der Waals surface area contributed by atoms with Crippen molar-refractivity contribution in [1.29, 1.82) is 0 Å². The monoisotopic (exact) mass is 282 g/mol. The minimum Gasteiger partial charge on any atom is -0.439 e. The van der Waals surface area contributed by atoms with Crippen LogP contribution in [0.1, 0.15) is 32.2 Å². The van der Waals surface area contributed by atoms with Gasteiger partial charge in [0.05, 0.1) is 6.54 Å². The molecule has 1 aromatic carbocycles. The zero-order chi connectivity index (χ0) is 11.9. The van der Waals surface area contributed by atoms with E-state index in [2.05, 4.69) is 47.8 Å². The maximum absolute atomic E-state index is 5.67. The minimum atomic E-state index is 0.0213. The van der Waals surface area contributed by atoms with Crippen LogP contribution in [0.2, 0.25) is 0 Å². The first-order valence-corrected chi connectivity index (χ1v) is 6.00. The van der Waals surface area contributed by atoms with E-state index in [1.807, 2.05) is 6.07 Å². The topological polar surface area (TPSA) is 52.0 Å². The lowest BCUT2D eigenvalue weighted by molar-refractivity contribution is 0.514. The molecule has 0 atom stereocenters. The normalized spacial score (nSPS) is 12.3. The van der Waals surface area contributed by atoms with Gasteiger partial charge in [-0.3, -0.25) is 0 Å². The number of halogens is 1. The Balaban J connectivity index is 2.76. The molecule has 0 saturated carbocycles. The fourth-order valence-corrected chi connectivity index (χ4v) is 2.13. The SMILES string of the molecule is CC(C)(C)c1cc(Br)cc2nc(CN)oc12. The zero-order valence-electron chi connectivity index (χ0n) is 9.67. The van der Waals surface area contributed by atoms with Crippen LogP contribution in [0.15, 0.2) is 21.0 Å². The minimum absolute atomic E-state index is 0.0213. The Morgan fingerprint density at radius 2 is 2.06 bits per heavy atom. The smallest absolute Gasteiger partial charge is 0.209 e. The van der Waals surface area contributed by atoms with Crippen LogP contribution in [0.3, 0.4) is 0 Å². The first-order valence-electron chi connectivity index (χ1n) is 5.21. The second-order valence-electron chi connectivity index (χ2n) is 4.86. The van der Waals surface area contributed by atoms with Crippen molar-refractivity contribution in [2.75, 3.05) is 0 Å². The first kappa shape index (κ1) is 11.6. The van der Waals surface area contributed by atoms with Crippen molar-refractivity contribution in [3.05, 3.63) is 28.1 Å². The van der Waals surface area contributed by atoms with E-state index in [0.717, 1.165) is 21.1 Å². The molecule has 0 aliphatic heterocycles. The van der Waals surface area contributed by atoms with Gasteiger partial charge < -0.3 is 10.2 Å². The van der Waals surface area contributed by atoms with Crippen LogP contribution in [0, 0.1) is 0 Å². The molecule has 1 heterocycles. The maximum atomic E-state index is 5.67. The molecule has 16 heavy (non-hydrogen) atoms. The van der Waals surface area contributed by atoms with Crippen LogP contribution in [-0.2, 0) is 12.0 Å². The predicted octanol–water partition coefficient (Wildman–Crippen LogP) is 3.35. The number of hydrogen-bond acceptors (Lipinski definition) is 3. The Bertz CT molecular complexity index is 526. The van der Waals surface area contributed by atoms with E-state index in [4.69, 9.17) is 10.2 Å². The second-order valence-corrected chi connectivity index (χ2v) is 5.78. The van der Waals surface area contributed by atoms with Gasteiger partial charge in [0.2, 0.25) is 5.89 Å². The average molecular weight is 283 g/mol. The summed E-state index contributed by atoms with van der Waals surface area (Å²) in [6.07, 6.45) is 0. The van der Waals surface area contributed by atoms with Crippen LogP contribution in [0.25, 0.3) is 11.1 Å². The Morgan fingerprint density at radius 3 is 2.62 bits per heavy atom. The van der Waals surface area contributed by atoms with E-state index in [-0.39, 0.29) is 5.41 Å². The van der Waals surface area contributed by atoms with E-state index in [1.165, 1.54) is 0 Å². The molecule has 0 aliphatic carbocycles. The number of benzene rings is 1. The first-order chi connectivity index (χ1) is 7.41. The van der Waals surface area contributed by atoms with Gasteiger partial charge in [-0.2, -0.15) is 0 Å². The molecule has 0 radical (unpaired) electrons. The third kappa shape index (κ3) is 1.99. The fourth-order valence-electron chi connectivity index (χ4n) is 1.69. The molecule has 3 nitrogen and oxygen atoms in total. The van der Waals surface area contributed by atoms with E-state index >= 15 is 0 Å². The van der Waals surface area contributed by atoms with Gasteiger partial charge in [0, 0.05) is 10.0 Å². The number of nitrogens with two attached hydrogens (primary N) is 1. The molecule has 0 spiro atoms. The summed E-state index contributed by atoms with van der Waals surface area (Å²) in [6.45, 7) is 6.78.